The fraction of sp³-hybridized carbons (Fsp3) is 0.429. The first-order valence-electron chi connectivity index (χ1n) is 9.42. The largest absolute Gasteiger partial charge is 0.497 e. The van der Waals surface area contributed by atoms with Gasteiger partial charge in [-0.1, -0.05) is 0 Å². The maximum absolute atomic E-state index is 13.0. The van der Waals surface area contributed by atoms with Gasteiger partial charge < -0.3 is 23.8 Å². The molecule has 0 saturated carbocycles. The Balaban J connectivity index is 1.50. The SMILES string of the molecule is COc1ccc(CN2Cc3ccnc(OCC4CCCO4)c3C2=O)c(OC)c1. The summed E-state index contributed by atoms with van der Waals surface area (Å²) in [6.07, 6.45) is 3.79. The zero-order valence-electron chi connectivity index (χ0n) is 16.1. The van der Waals surface area contributed by atoms with Crippen LogP contribution >= 0.6 is 0 Å². The fourth-order valence-corrected chi connectivity index (χ4v) is 3.65. The number of carbonyl (C=O) groups is 1. The third-order valence-electron chi connectivity index (χ3n) is 5.15. The molecule has 0 radical (unpaired) electrons. The summed E-state index contributed by atoms with van der Waals surface area (Å²) in [5.41, 5.74) is 2.39. The maximum atomic E-state index is 13.0. The maximum Gasteiger partial charge on any atom is 0.260 e. The third-order valence-corrected chi connectivity index (χ3v) is 5.15. The van der Waals surface area contributed by atoms with Crippen LogP contribution in [0.25, 0.3) is 0 Å². The van der Waals surface area contributed by atoms with Gasteiger partial charge in [-0.25, -0.2) is 4.98 Å². The van der Waals surface area contributed by atoms with E-state index in [2.05, 4.69) is 4.98 Å². The fourth-order valence-electron chi connectivity index (χ4n) is 3.65. The molecule has 7 heteroatoms. The molecule has 0 aliphatic carbocycles. The van der Waals surface area contributed by atoms with Crippen LogP contribution in [-0.2, 0) is 17.8 Å². The lowest BCUT2D eigenvalue weighted by Gasteiger charge is -2.18. The van der Waals surface area contributed by atoms with E-state index in [-0.39, 0.29) is 12.0 Å². The molecule has 1 fully saturated rings. The van der Waals surface area contributed by atoms with Crippen molar-refractivity contribution >= 4 is 5.91 Å². The summed E-state index contributed by atoms with van der Waals surface area (Å²) in [6.45, 7) is 2.14. The molecule has 2 aromatic rings. The molecule has 2 aliphatic rings. The number of ether oxygens (including phenoxy) is 4. The number of hydrogen-bond donors (Lipinski definition) is 0. The Labute approximate surface area is 164 Å². The molecule has 148 valence electrons. The molecule has 0 spiro atoms. The first-order valence-corrected chi connectivity index (χ1v) is 9.42. The van der Waals surface area contributed by atoms with E-state index in [0.29, 0.717) is 42.6 Å². The van der Waals surface area contributed by atoms with E-state index < -0.39 is 0 Å². The van der Waals surface area contributed by atoms with Crippen LogP contribution in [0.2, 0.25) is 0 Å². The summed E-state index contributed by atoms with van der Waals surface area (Å²) in [6, 6.07) is 7.47. The van der Waals surface area contributed by atoms with Gasteiger partial charge in [-0.15, -0.1) is 0 Å². The van der Waals surface area contributed by atoms with E-state index in [1.807, 2.05) is 24.3 Å². The summed E-state index contributed by atoms with van der Waals surface area (Å²) in [5, 5.41) is 0. The van der Waals surface area contributed by atoms with Gasteiger partial charge in [0.2, 0.25) is 5.88 Å². The van der Waals surface area contributed by atoms with Crippen molar-refractivity contribution in [3.05, 3.63) is 47.2 Å². The van der Waals surface area contributed by atoms with Crippen molar-refractivity contribution in [2.24, 2.45) is 0 Å². The minimum absolute atomic E-state index is 0.0776. The number of benzene rings is 1. The smallest absolute Gasteiger partial charge is 0.260 e. The molecule has 1 aromatic carbocycles. The lowest BCUT2D eigenvalue weighted by Crippen LogP contribution is -2.24. The zero-order chi connectivity index (χ0) is 19.5. The number of carbonyl (C=O) groups excluding carboxylic acids is 1. The van der Waals surface area contributed by atoms with Gasteiger partial charge in [0.05, 0.1) is 20.3 Å². The van der Waals surface area contributed by atoms with Crippen LogP contribution in [0.5, 0.6) is 17.4 Å². The molecule has 7 nitrogen and oxygen atoms in total. The molecule has 0 N–H and O–H groups in total. The molecule has 1 atom stereocenters. The highest BCUT2D eigenvalue weighted by atomic mass is 16.5. The number of nitrogens with zero attached hydrogens (tertiary/aromatic N) is 2. The van der Waals surface area contributed by atoms with Crippen LogP contribution in [0.15, 0.2) is 30.5 Å². The Morgan fingerprint density at radius 2 is 2.14 bits per heavy atom. The predicted molar refractivity (Wildman–Crippen MR) is 102 cm³/mol. The Hall–Kier alpha value is -2.80. The second-order valence-corrected chi connectivity index (χ2v) is 6.94. The van der Waals surface area contributed by atoms with E-state index in [1.54, 1.807) is 25.3 Å². The zero-order valence-corrected chi connectivity index (χ0v) is 16.1. The Morgan fingerprint density at radius 3 is 2.89 bits per heavy atom. The van der Waals surface area contributed by atoms with Crippen LogP contribution in [-0.4, -0.2) is 49.3 Å². The number of rotatable bonds is 7. The molecular formula is C21H24N2O5. The molecule has 0 bridgehead atoms. The van der Waals surface area contributed by atoms with Crippen molar-refractivity contribution in [2.45, 2.75) is 32.0 Å². The second kappa shape index (κ2) is 8.06. The monoisotopic (exact) mass is 384 g/mol. The quantitative estimate of drug-likeness (QED) is 0.731. The van der Waals surface area contributed by atoms with Gasteiger partial charge in [-0.2, -0.15) is 0 Å². The lowest BCUT2D eigenvalue weighted by molar-refractivity contribution is 0.0643. The molecule has 1 unspecified atom stereocenters. The van der Waals surface area contributed by atoms with Gasteiger partial charge in [0, 0.05) is 37.5 Å². The van der Waals surface area contributed by atoms with Gasteiger partial charge in [-0.05, 0) is 36.6 Å². The van der Waals surface area contributed by atoms with Crippen molar-refractivity contribution in [1.82, 2.24) is 9.88 Å². The molecule has 4 rings (SSSR count). The van der Waals surface area contributed by atoms with Crippen molar-refractivity contribution in [3.8, 4) is 17.4 Å². The minimum Gasteiger partial charge on any atom is -0.497 e. The second-order valence-electron chi connectivity index (χ2n) is 6.94. The first kappa shape index (κ1) is 18.6. The molecule has 2 aliphatic heterocycles. The Morgan fingerprint density at radius 1 is 1.25 bits per heavy atom. The van der Waals surface area contributed by atoms with Crippen molar-refractivity contribution < 1.29 is 23.7 Å². The number of methoxy groups -OCH3 is 2. The molecule has 3 heterocycles. The van der Waals surface area contributed by atoms with E-state index >= 15 is 0 Å². The van der Waals surface area contributed by atoms with Gasteiger partial charge in [0.25, 0.3) is 5.91 Å². The van der Waals surface area contributed by atoms with E-state index in [9.17, 15) is 4.79 Å². The third kappa shape index (κ3) is 3.62. The van der Waals surface area contributed by atoms with Gasteiger partial charge in [0.15, 0.2) is 0 Å². The van der Waals surface area contributed by atoms with E-state index in [1.165, 1.54) is 0 Å². The van der Waals surface area contributed by atoms with Gasteiger partial charge in [-0.3, -0.25) is 4.79 Å². The van der Waals surface area contributed by atoms with Crippen molar-refractivity contribution in [2.75, 3.05) is 27.4 Å². The summed E-state index contributed by atoms with van der Waals surface area (Å²) < 4.78 is 22.1. The number of pyridine rings is 1. The van der Waals surface area contributed by atoms with Crippen molar-refractivity contribution in [1.29, 1.82) is 0 Å². The standard InChI is InChI=1S/C21H24N2O5/c1-25-16-6-5-14(18(10-16)26-2)11-23-12-15-7-8-22-20(19(15)21(23)24)28-13-17-4-3-9-27-17/h5-8,10,17H,3-4,9,11-13H2,1-2H3. The summed E-state index contributed by atoms with van der Waals surface area (Å²) in [4.78, 5) is 19.1. The van der Waals surface area contributed by atoms with Crippen LogP contribution < -0.4 is 14.2 Å². The Kier molecular flexibility index (Phi) is 5.34. The molecule has 1 amide bonds. The highest BCUT2D eigenvalue weighted by Gasteiger charge is 2.32. The van der Waals surface area contributed by atoms with Crippen LogP contribution in [0.3, 0.4) is 0 Å². The van der Waals surface area contributed by atoms with Crippen LogP contribution in [0.4, 0.5) is 0 Å². The minimum atomic E-state index is -0.0803. The molecular weight excluding hydrogens is 360 g/mol. The van der Waals surface area contributed by atoms with E-state index in [4.69, 9.17) is 18.9 Å². The molecule has 28 heavy (non-hydrogen) atoms. The topological polar surface area (TPSA) is 70.1 Å². The first-order chi connectivity index (χ1) is 13.7. The highest BCUT2D eigenvalue weighted by molar-refractivity contribution is 6.00. The van der Waals surface area contributed by atoms with Gasteiger partial charge in [0.1, 0.15) is 23.7 Å². The average Bonchev–Trinajstić information content (AvgIpc) is 3.35. The van der Waals surface area contributed by atoms with Gasteiger partial charge >= 0.3 is 0 Å². The average molecular weight is 384 g/mol. The summed E-state index contributed by atoms with van der Waals surface area (Å²) >= 11 is 0. The number of aromatic nitrogens is 1. The summed E-state index contributed by atoms with van der Waals surface area (Å²) in [7, 11) is 3.22. The van der Waals surface area contributed by atoms with Crippen LogP contribution in [0.1, 0.15) is 34.3 Å². The van der Waals surface area contributed by atoms with Crippen molar-refractivity contribution in [3.63, 3.8) is 0 Å². The number of hydrogen-bond acceptors (Lipinski definition) is 6. The Bertz CT molecular complexity index is 864. The highest BCUT2D eigenvalue weighted by Crippen LogP contribution is 2.33. The molecule has 1 aromatic heterocycles. The number of amides is 1. The number of fused-ring (bicyclic) bond motifs is 1. The predicted octanol–water partition coefficient (Wildman–Crippen LogP) is 2.81. The van der Waals surface area contributed by atoms with Crippen LogP contribution in [0, 0.1) is 0 Å². The van der Waals surface area contributed by atoms with E-state index in [0.717, 1.165) is 30.6 Å². The normalized spacial score (nSPS) is 18.3. The lowest BCUT2D eigenvalue weighted by atomic mass is 10.1. The summed E-state index contributed by atoms with van der Waals surface area (Å²) in [5.74, 6) is 1.72. The molecule has 1 saturated heterocycles.